The van der Waals surface area contributed by atoms with Crippen LogP contribution in [0.15, 0.2) is 35.7 Å². The van der Waals surface area contributed by atoms with Gasteiger partial charge in [0.2, 0.25) is 5.91 Å². The van der Waals surface area contributed by atoms with Crippen LogP contribution < -0.4 is 5.32 Å². The number of hydrogen-bond donors (Lipinski definition) is 1. The number of likely N-dealkylation sites (tertiary alicyclic amines) is 1. The van der Waals surface area contributed by atoms with Gasteiger partial charge in [0, 0.05) is 15.9 Å². The molecule has 3 rings (SSSR count). The molecule has 6 heteroatoms. The van der Waals surface area contributed by atoms with Crippen LogP contribution in [0.2, 0.25) is 10.0 Å². The van der Waals surface area contributed by atoms with Crippen molar-refractivity contribution in [2.45, 2.75) is 31.8 Å². The number of anilines is 1. The number of carbonyl (C=O) groups excluding carboxylic acids is 1. The van der Waals surface area contributed by atoms with E-state index in [0.29, 0.717) is 21.8 Å². The van der Waals surface area contributed by atoms with Crippen LogP contribution in [0.4, 0.5) is 5.69 Å². The number of amides is 1. The first kappa shape index (κ1) is 16.8. The molecule has 1 aliphatic rings. The van der Waals surface area contributed by atoms with Gasteiger partial charge in [0.1, 0.15) is 0 Å². The maximum Gasteiger partial charge on any atom is 0.241 e. The molecule has 1 N–H and O–H groups in total. The highest BCUT2D eigenvalue weighted by molar-refractivity contribution is 7.10. The summed E-state index contributed by atoms with van der Waals surface area (Å²) in [6, 6.07) is 9.38. The van der Waals surface area contributed by atoms with Crippen molar-refractivity contribution in [1.82, 2.24) is 4.90 Å². The Bertz CT molecular complexity index is 690. The van der Waals surface area contributed by atoms with Crippen molar-refractivity contribution in [2.75, 3.05) is 11.9 Å². The molecule has 2 aromatic rings. The molecule has 2 atom stereocenters. The molecule has 1 aromatic heterocycles. The smallest absolute Gasteiger partial charge is 0.241 e. The second-order valence-electron chi connectivity index (χ2n) is 5.70. The number of benzene rings is 1. The summed E-state index contributed by atoms with van der Waals surface area (Å²) in [6.07, 6.45) is 2.20. The first-order valence-corrected chi connectivity index (χ1v) is 9.25. The summed E-state index contributed by atoms with van der Waals surface area (Å²) < 4.78 is 0. The van der Waals surface area contributed by atoms with Gasteiger partial charge in [0.05, 0.1) is 16.8 Å². The van der Waals surface area contributed by atoms with Crippen LogP contribution in [-0.4, -0.2) is 23.4 Å². The van der Waals surface area contributed by atoms with Crippen molar-refractivity contribution in [1.29, 1.82) is 0 Å². The summed E-state index contributed by atoms with van der Waals surface area (Å²) in [7, 11) is 0. The quantitative estimate of drug-likeness (QED) is 0.802. The zero-order valence-electron chi connectivity index (χ0n) is 12.8. The van der Waals surface area contributed by atoms with E-state index in [2.05, 4.69) is 27.7 Å². The maximum absolute atomic E-state index is 12.6. The molecule has 122 valence electrons. The Kier molecular flexibility index (Phi) is 5.27. The van der Waals surface area contributed by atoms with Crippen LogP contribution in [0.1, 0.15) is 30.7 Å². The maximum atomic E-state index is 12.6. The lowest BCUT2D eigenvalue weighted by molar-refractivity contribution is -0.121. The van der Waals surface area contributed by atoms with Gasteiger partial charge in [-0.05, 0) is 56.0 Å². The van der Waals surface area contributed by atoms with Crippen molar-refractivity contribution in [2.24, 2.45) is 0 Å². The van der Waals surface area contributed by atoms with E-state index in [9.17, 15) is 4.79 Å². The van der Waals surface area contributed by atoms with E-state index in [0.717, 1.165) is 19.4 Å². The average Bonchev–Trinajstić information content (AvgIpc) is 3.20. The van der Waals surface area contributed by atoms with E-state index < -0.39 is 0 Å². The van der Waals surface area contributed by atoms with Crippen molar-refractivity contribution in [3.63, 3.8) is 0 Å². The Morgan fingerprint density at radius 2 is 2.22 bits per heavy atom. The van der Waals surface area contributed by atoms with Crippen LogP contribution in [0.3, 0.4) is 0 Å². The molecule has 0 spiro atoms. The number of carbonyl (C=O) groups is 1. The average molecular weight is 369 g/mol. The van der Waals surface area contributed by atoms with E-state index in [1.165, 1.54) is 4.88 Å². The summed E-state index contributed by atoms with van der Waals surface area (Å²) in [5, 5.41) is 6.03. The summed E-state index contributed by atoms with van der Waals surface area (Å²) in [5.41, 5.74) is 0.558. The minimum atomic E-state index is -0.223. The minimum absolute atomic E-state index is 0.0578. The van der Waals surface area contributed by atoms with Gasteiger partial charge in [-0.1, -0.05) is 29.3 Å². The van der Waals surface area contributed by atoms with Gasteiger partial charge in [-0.3, -0.25) is 9.69 Å². The van der Waals surface area contributed by atoms with Gasteiger partial charge in [-0.2, -0.15) is 0 Å². The summed E-state index contributed by atoms with van der Waals surface area (Å²) in [5.74, 6) is -0.0578. The molecular weight excluding hydrogens is 351 g/mol. The Morgan fingerprint density at radius 1 is 1.39 bits per heavy atom. The third kappa shape index (κ3) is 3.72. The third-order valence-corrected chi connectivity index (χ3v) is 5.77. The van der Waals surface area contributed by atoms with Crippen molar-refractivity contribution in [3.8, 4) is 0 Å². The fourth-order valence-electron chi connectivity index (χ4n) is 3.02. The van der Waals surface area contributed by atoms with Crippen LogP contribution in [0.5, 0.6) is 0 Å². The Balaban J connectivity index is 1.73. The predicted octanol–water partition coefficient (Wildman–Crippen LogP) is 5.22. The number of halogens is 2. The van der Waals surface area contributed by atoms with Gasteiger partial charge >= 0.3 is 0 Å². The van der Waals surface area contributed by atoms with Crippen LogP contribution in [-0.2, 0) is 4.79 Å². The highest BCUT2D eigenvalue weighted by Gasteiger charge is 2.33. The van der Waals surface area contributed by atoms with E-state index in [4.69, 9.17) is 23.2 Å². The van der Waals surface area contributed by atoms with Crippen molar-refractivity contribution >= 4 is 46.1 Å². The molecule has 2 heterocycles. The fourth-order valence-corrected chi connectivity index (χ4v) is 4.24. The van der Waals surface area contributed by atoms with Crippen LogP contribution in [0.25, 0.3) is 0 Å². The number of rotatable bonds is 4. The first-order chi connectivity index (χ1) is 11.1. The van der Waals surface area contributed by atoms with Crippen LogP contribution in [0, 0.1) is 0 Å². The lowest BCUT2D eigenvalue weighted by atomic mass is 10.1. The van der Waals surface area contributed by atoms with Gasteiger partial charge in [0.25, 0.3) is 0 Å². The standard InChI is InChI=1S/C17H18Cl2N2OS/c1-11(17(22)20-14-10-12(18)6-7-13(14)19)21-8-2-4-15(21)16-5-3-9-23-16/h3,5-7,9-11,15H,2,4,8H2,1H3,(H,20,22)/t11-,15-/m1/s1. The SMILES string of the molecule is C[C@H](C(=O)Nc1cc(Cl)ccc1Cl)N1CCC[C@@H]1c1cccs1. The Hall–Kier alpha value is -1.07. The molecule has 0 bridgehead atoms. The van der Waals surface area contributed by atoms with E-state index in [1.807, 2.05) is 6.92 Å². The molecule has 1 fully saturated rings. The van der Waals surface area contributed by atoms with Gasteiger partial charge in [0.15, 0.2) is 0 Å². The summed E-state index contributed by atoms with van der Waals surface area (Å²) in [6.45, 7) is 2.88. The summed E-state index contributed by atoms with van der Waals surface area (Å²) in [4.78, 5) is 16.2. The lowest BCUT2D eigenvalue weighted by Crippen LogP contribution is -2.41. The first-order valence-electron chi connectivity index (χ1n) is 7.61. The predicted molar refractivity (Wildman–Crippen MR) is 97.6 cm³/mol. The highest BCUT2D eigenvalue weighted by atomic mass is 35.5. The second kappa shape index (κ2) is 7.22. The van der Waals surface area contributed by atoms with Gasteiger partial charge < -0.3 is 5.32 Å². The monoisotopic (exact) mass is 368 g/mol. The van der Waals surface area contributed by atoms with E-state index in [1.54, 1.807) is 29.5 Å². The molecular formula is C17H18Cl2N2OS. The molecule has 0 aliphatic carbocycles. The second-order valence-corrected chi connectivity index (χ2v) is 7.52. The Morgan fingerprint density at radius 3 is 2.96 bits per heavy atom. The van der Waals surface area contributed by atoms with Crippen molar-refractivity contribution < 1.29 is 4.79 Å². The molecule has 1 saturated heterocycles. The topological polar surface area (TPSA) is 32.3 Å². The van der Waals surface area contributed by atoms with E-state index >= 15 is 0 Å². The van der Waals surface area contributed by atoms with E-state index in [-0.39, 0.29) is 11.9 Å². The van der Waals surface area contributed by atoms with Gasteiger partial charge in [-0.25, -0.2) is 0 Å². The molecule has 23 heavy (non-hydrogen) atoms. The normalized spacial score (nSPS) is 19.7. The molecule has 0 radical (unpaired) electrons. The molecule has 1 aliphatic heterocycles. The van der Waals surface area contributed by atoms with Crippen molar-refractivity contribution in [3.05, 3.63) is 50.6 Å². The molecule has 3 nitrogen and oxygen atoms in total. The zero-order chi connectivity index (χ0) is 16.4. The highest BCUT2D eigenvalue weighted by Crippen LogP contribution is 2.36. The lowest BCUT2D eigenvalue weighted by Gasteiger charge is -2.29. The van der Waals surface area contributed by atoms with Gasteiger partial charge in [-0.15, -0.1) is 11.3 Å². The third-order valence-electron chi connectivity index (χ3n) is 4.23. The molecule has 1 amide bonds. The largest absolute Gasteiger partial charge is 0.323 e. The number of nitrogens with zero attached hydrogens (tertiary/aromatic N) is 1. The zero-order valence-corrected chi connectivity index (χ0v) is 15.1. The number of nitrogens with one attached hydrogen (secondary N) is 1. The number of thiophene rings is 1. The van der Waals surface area contributed by atoms with Crippen LogP contribution >= 0.6 is 34.5 Å². The minimum Gasteiger partial charge on any atom is -0.323 e. The summed E-state index contributed by atoms with van der Waals surface area (Å²) >= 11 is 13.9. The fraction of sp³-hybridized carbons (Fsp3) is 0.353. The molecule has 0 saturated carbocycles. The number of hydrogen-bond acceptors (Lipinski definition) is 3. The molecule has 1 aromatic carbocycles. The Labute approximate surface area is 150 Å². The molecule has 0 unspecified atom stereocenters.